The van der Waals surface area contributed by atoms with Crippen LogP contribution in [0.15, 0.2) is 53.4 Å². The van der Waals surface area contributed by atoms with Crippen LogP contribution in [-0.4, -0.2) is 72.5 Å². The number of aryl methyl sites for hydroxylation is 1. The van der Waals surface area contributed by atoms with Gasteiger partial charge in [0.2, 0.25) is 5.88 Å². The lowest BCUT2D eigenvalue weighted by Crippen LogP contribution is -2.47. The highest BCUT2D eigenvalue weighted by Gasteiger charge is 2.24. The molecule has 0 saturated carbocycles. The molecule has 3 rings (SSSR count). The van der Waals surface area contributed by atoms with Crippen LogP contribution in [0.5, 0.6) is 0 Å². The van der Waals surface area contributed by atoms with E-state index in [1.165, 1.54) is 5.56 Å². The van der Waals surface area contributed by atoms with Crippen LogP contribution in [0.2, 0.25) is 0 Å². The zero-order chi connectivity index (χ0) is 23.7. The minimum absolute atomic E-state index is 0.0182. The van der Waals surface area contributed by atoms with Gasteiger partial charge in [0, 0.05) is 37.4 Å². The van der Waals surface area contributed by atoms with Crippen molar-refractivity contribution in [2.45, 2.75) is 27.7 Å². The maximum atomic E-state index is 12.9. The molecule has 7 nitrogen and oxygen atoms in total. The standard InChI is InChI=1S/C20H26N4O.C5H9NO/c1-5-16(3)24-19(17-8-6-7-15(2)13-17)14-18(21-24)20(25)23-11-9-22(4)10-12-23;1-4-5(6-2)7-3/h5-8,13-14H,9-12H2,1-4H3;4H,2H2,1,3H3/b16-5+;5-4+. The largest absolute Gasteiger partial charge is 0.481 e. The van der Waals surface area contributed by atoms with Gasteiger partial charge < -0.3 is 14.5 Å². The number of amides is 1. The van der Waals surface area contributed by atoms with Gasteiger partial charge in [-0.2, -0.15) is 5.10 Å². The highest BCUT2D eigenvalue weighted by molar-refractivity contribution is 5.94. The number of hydrogen-bond acceptors (Lipinski definition) is 5. The van der Waals surface area contributed by atoms with Crippen LogP contribution in [0, 0.1) is 6.92 Å². The van der Waals surface area contributed by atoms with Gasteiger partial charge in [-0.1, -0.05) is 29.8 Å². The second-order valence-corrected chi connectivity index (χ2v) is 7.71. The van der Waals surface area contributed by atoms with E-state index < -0.39 is 0 Å². The molecular formula is C25H35N5O2. The van der Waals surface area contributed by atoms with Crippen molar-refractivity contribution in [1.82, 2.24) is 19.6 Å². The first-order chi connectivity index (χ1) is 15.3. The molecule has 1 aliphatic heterocycles. The van der Waals surface area contributed by atoms with E-state index in [1.54, 1.807) is 13.2 Å². The van der Waals surface area contributed by atoms with Crippen LogP contribution in [0.3, 0.4) is 0 Å². The molecule has 0 bridgehead atoms. The fraction of sp³-hybridized carbons (Fsp3) is 0.400. The van der Waals surface area contributed by atoms with Gasteiger partial charge in [-0.25, -0.2) is 9.67 Å². The predicted octanol–water partition coefficient (Wildman–Crippen LogP) is 4.32. The maximum absolute atomic E-state index is 12.9. The highest BCUT2D eigenvalue weighted by atomic mass is 16.5. The second kappa shape index (κ2) is 12.0. The third-order valence-corrected chi connectivity index (χ3v) is 5.40. The first-order valence-electron chi connectivity index (χ1n) is 10.8. The van der Waals surface area contributed by atoms with Crippen LogP contribution < -0.4 is 0 Å². The molecule has 1 saturated heterocycles. The van der Waals surface area contributed by atoms with E-state index in [2.05, 4.69) is 58.6 Å². The molecule has 2 heterocycles. The summed E-state index contributed by atoms with van der Waals surface area (Å²) in [5.41, 5.74) is 4.74. The second-order valence-electron chi connectivity index (χ2n) is 7.71. The number of carbonyl (C=O) groups is 1. The van der Waals surface area contributed by atoms with Gasteiger partial charge >= 0.3 is 0 Å². The van der Waals surface area contributed by atoms with Crippen molar-refractivity contribution in [3.63, 3.8) is 0 Å². The number of rotatable bonds is 5. The van der Waals surface area contributed by atoms with Crippen molar-refractivity contribution in [2.24, 2.45) is 4.99 Å². The third kappa shape index (κ3) is 6.40. The lowest BCUT2D eigenvalue weighted by Gasteiger charge is -2.31. The fourth-order valence-corrected chi connectivity index (χ4v) is 3.33. The summed E-state index contributed by atoms with van der Waals surface area (Å²) in [4.78, 5) is 20.5. The number of nitrogens with zero attached hydrogens (tertiary/aromatic N) is 5. The first kappa shape index (κ1) is 25.1. The Morgan fingerprint density at radius 1 is 1.16 bits per heavy atom. The SMILES string of the molecule is C/C=C(\C)n1nc(C(=O)N2CCN(C)CC2)cc1-c1cccc(C)c1.C=N/C(=C\C)OC. The van der Waals surface area contributed by atoms with Crippen LogP contribution in [0.25, 0.3) is 17.0 Å². The van der Waals surface area contributed by atoms with E-state index in [4.69, 9.17) is 0 Å². The number of methoxy groups -OCH3 is 1. The van der Waals surface area contributed by atoms with Gasteiger partial charge in [-0.15, -0.1) is 0 Å². The van der Waals surface area contributed by atoms with Gasteiger partial charge in [0.25, 0.3) is 5.91 Å². The molecule has 172 valence electrons. The molecule has 1 aromatic heterocycles. The summed E-state index contributed by atoms with van der Waals surface area (Å²) in [6, 6.07) is 10.2. The minimum atomic E-state index is 0.0182. The average molecular weight is 438 g/mol. The number of benzene rings is 1. The number of likely N-dealkylation sites (N-methyl/N-ethyl adjacent to an activating group) is 1. The van der Waals surface area contributed by atoms with Crippen molar-refractivity contribution in [3.05, 3.63) is 59.6 Å². The summed E-state index contributed by atoms with van der Waals surface area (Å²) in [5, 5.41) is 4.62. The molecular weight excluding hydrogens is 402 g/mol. The van der Waals surface area contributed by atoms with E-state index >= 15 is 0 Å². The third-order valence-electron chi connectivity index (χ3n) is 5.40. The van der Waals surface area contributed by atoms with E-state index in [0.717, 1.165) is 43.1 Å². The Bertz CT molecular complexity index is 982. The molecule has 0 aliphatic carbocycles. The Hall–Kier alpha value is -3.19. The van der Waals surface area contributed by atoms with Crippen molar-refractivity contribution in [2.75, 3.05) is 40.3 Å². The number of hydrogen-bond donors (Lipinski definition) is 0. The van der Waals surface area contributed by atoms with Gasteiger partial charge in [0.05, 0.1) is 12.8 Å². The van der Waals surface area contributed by atoms with Crippen molar-refractivity contribution in [1.29, 1.82) is 0 Å². The number of allylic oxidation sites excluding steroid dienone is 3. The first-order valence-corrected chi connectivity index (χ1v) is 10.8. The van der Waals surface area contributed by atoms with E-state index in [9.17, 15) is 4.79 Å². The molecule has 0 atom stereocenters. The fourth-order valence-electron chi connectivity index (χ4n) is 3.33. The predicted molar refractivity (Wildman–Crippen MR) is 132 cm³/mol. The Labute approximate surface area is 191 Å². The monoisotopic (exact) mass is 437 g/mol. The Morgan fingerprint density at radius 2 is 1.84 bits per heavy atom. The summed E-state index contributed by atoms with van der Waals surface area (Å²) >= 11 is 0. The molecule has 0 spiro atoms. The lowest BCUT2D eigenvalue weighted by molar-refractivity contribution is 0.0658. The van der Waals surface area contributed by atoms with E-state index in [1.807, 2.05) is 48.6 Å². The van der Waals surface area contributed by atoms with Crippen LogP contribution in [0.4, 0.5) is 0 Å². The van der Waals surface area contributed by atoms with Crippen molar-refractivity contribution in [3.8, 4) is 11.3 Å². The number of ether oxygens (including phenoxy) is 1. The smallest absolute Gasteiger partial charge is 0.274 e. The summed E-state index contributed by atoms with van der Waals surface area (Å²) in [7, 11) is 3.64. The number of piperazine rings is 1. The lowest BCUT2D eigenvalue weighted by atomic mass is 10.1. The van der Waals surface area contributed by atoms with Gasteiger partial charge in [0.1, 0.15) is 0 Å². The molecule has 32 heavy (non-hydrogen) atoms. The van der Waals surface area contributed by atoms with E-state index in [-0.39, 0.29) is 5.91 Å². The number of carbonyl (C=O) groups excluding carboxylic acids is 1. The molecule has 0 unspecified atom stereocenters. The molecule has 1 amide bonds. The van der Waals surface area contributed by atoms with Gasteiger partial charge in [-0.3, -0.25) is 4.79 Å². The summed E-state index contributed by atoms with van der Waals surface area (Å²) in [6.45, 7) is 14.5. The topological polar surface area (TPSA) is 63.0 Å². The molecule has 1 aromatic carbocycles. The van der Waals surface area contributed by atoms with Gasteiger partial charge in [-0.05, 0) is 59.7 Å². The Kier molecular flexibility index (Phi) is 9.40. The Balaban J connectivity index is 0.000000451. The Morgan fingerprint density at radius 3 is 2.34 bits per heavy atom. The summed E-state index contributed by atoms with van der Waals surface area (Å²) in [6.07, 6.45) is 3.75. The maximum Gasteiger partial charge on any atom is 0.274 e. The molecule has 7 heteroatoms. The minimum Gasteiger partial charge on any atom is -0.481 e. The van der Waals surface area contributed by atoms with Crippen LogP contribution >= 0.6 is 0 Å². The zero-order valence-electron chi connectivity index (χ0n) is 20.1. The molecule has 1 aliphatic rings. The number of aromatic nitrogens is 2. The summed E-state index contributed by atoms with van der Waals surface area (Å²) < 4.78 is 6.55. The van der Waals surface area contributed by atoms with Crippen LogP contribution in [0.1, 0.15) is 36.8 Å². The average Bonchev–Trinajstić information content (AvgIpc) is 3.26. The summed E-state index contributed by atoms with van der Waals surface area (Å²) in [5.74, 6) is 0.588. The molecule has 0 N–H and O–H groups in total. The molecule has 0 radical (unpaired) electrons. The normalized spacial score (nSPS) is 15.1. The number of aliphatic imine (C=N–C) groups is 1. The zero-order valence-corrected chi connectivity index (χ0v) is 20.1. The molecule has 2 aromatic rings. The quantitative estimate of drug-likeness (QED) is 0.516. The molecule has 1 fully saturated rings. The van der Waals surface area contributed by atoms with Crippen molar-refractivity contribution >= 4 is 18.3 Å². The van der Waals surface area contributed by atoms with Crippen LogP contribution in [-0.2, 0) is 4.74 Å². The van der Waals surface area contributed by atoms with Gasteiger partial charge in [0.15, 0.2) is 5.69 Å². The van der Waals surface area contributed by atoms with Crippen molar-refractivity contribution < 1.29 is 9.53 Å². The highest BCUT2D eigenvalue weighted by Crippen LogP contribution is 2.25. The van der Waals surface area contributed by atoms with E-state index in [0.29, 0.717) is 11.6 Å².